The summed E-state index contributed by atoms with van der Waals surface area (Å²) >= 11 is 0. The lowest BCUT2D eigenvalue weighted by Crippen LogP contribution is -2.19. The topological polar surface area (TPSA) is 20.3 Å². The van der Waals surface area contributed by atoms with Crippen LogP contribution in [0.4, 0.5) is 11.4 Å². The summed E-state index contributed by atoms with van der Waals surface area (Å²) in [5.41, 5.74) is 4.24. The average molecular weight is 267 g/mol. The van der Waals surface area contributed by atoms with E-state index in [2.05, 4.69) is 43.0 Å². The molecule has 2 aromatic carbocycles. The van der Waals surface area contributed by atoms with E-state index in [1.165, 1.54) is 11.4 Å². The molecule has 0 atom stereocenters. The zero-order chi connectivity index (χ0) is 14.4. The molecule has 0 bridgehead atoms. The quantitative estimate of drug-likeness (QED) is 0.704. The van der Waals surface area contributed by atoms with Crippen molar-refractivity contribution in [1.29, 1.82) is 0 Å². The number of hydrogen-bond donors (Lipinski definition) is 0. The summed E-state index contributed by atoms with van der Waals surface area (Å²) in [7, 11) is 0. The Morgan fingerprint density at radius 1 is 1.10 bits per heavy atom. The Bertz CT molecular complexity index is 563. The van der Waals surface area contributed by atoms with Crippen molar-refractivity contribution in [2.24, 2.45) is 0 Å². The van der Waals surface area contributed by atoms with Gasteiger partial charge in [-0.2, -0.15) is 0 Å². The number of benzene rings is 2. The minimum absolute atomic E-state index is 0.731. The van der Waals surface area contributed by atoms with Gasteiger partial charge in [0.25, 0.3) is 0 Å². The highest BCUT2D eigenvalue weighted by Gasteiger charge is 2.11. The van der Waals surface area contributed by atoms with Crippen molar-refractivity contribution in [2.75, 3.05) is 11.4 Å². The van der Waals surface area contributed by atoms with Crippen LogP contribution in [-0.4, -0.2) is 12.8 Å². The molecule has 0 radical (unpaired) electrons. The summed E-state index contributed by atoms with van der Waals surface area (Å²) in [6, 6.07) is 16.3. The second kappa shape index (κ2) is 6.90. The molecule has 20 heavy (non-hydrogen) atoms. The van der Waals surface area contributed by atoms with Gasteiger partial charge in [0, 0.05) is 23.5 Å². The minimum atomic E-state index is 0.731. The Hall–Kier alpha value is -2.09. The molecule has 0 fully saturated rings. The first-order valence-corrected chi connectivity index (χ1v) is 7.14. The van der Waals surface area contributed by atoms with E-state index in [9.17, 15) is 4.79 Å². The molecule has 2 rings (SSSR count). The van der Waals surface area contributed by atoms with E-state index in [1.807, 2.05) is 24.3 Å². The van der Waals surface area contributed by atoms with Crippen LogP contribution < -0.4 is 4.90 Å². The third-order valence-electron chi connectivity index (χ3n) is 3.45. The Balaban J connectivity index is 2.38. The maximum atomic E-state index is 10.9. The summed E-state index contributed by atoms with van der Waals surface area (Å²) < 4.78 is 0. The molecule has 0 spiro atoms. The SMILES string of the molecule is CCCCN(c1ccccc1)c1ccc(C=O)cc1C. The lowest BCUT2D eigenvalue weighted by Gasteiger charge is -2.26. The summed E-state index contributed by atoms with van der Waals surface area (Å²) in [6.45, 7) is 5.25. The van der Waals surface area contributed by atoms with E-state index in [4.69, 9.17) is 0 Å². The fourth-order valence-corrected chi connectivity index (χ4v) is 2.37. The number of carbonyl (C=O) groups excluding carboxylic acids is 1. The third-order valence-corrected chi connectivity index (χ3v) is 3.45. The molecule has 0 aliphatic carbocycles. The van der Waals surface area contributed by atoms with Gasteiger partial charge in [-0.25, -0.2) is 0 Å². The van der Waals surface area contributed by atoms with E-state index in [0.29, 0.717) is 0 Å². The van der Waals surface area contributed by atoms with Gasteiger partial charge in [-0.1, -0.05) is 31.5 Å². The van der Waals surface area contributed by atoms with Crippen LogP contribution in [0.1, 0.15) is 35.7 Å². The van der Waals surface area contributed by atoms with Gasteiger partial charge in [-0.3, -0.25) is 4.79 Å². The normalized spacial score (nSPS) is 10.3. The van der Waals surface area contributed by atoms with Crippen LogP contribution in [0.3, 0.4) is 0 Å². The highest BCUT2D eigenvalue weighted by molar-refractivity contribution is 5.78. The molecule has 0 aromatic heterocycles. The lowest BCUT2D eigenvalue weighted by molar-refractivity contribution is 0.112. The van der Waals surface area contributed by atoms with Crippen LogP contribution in [-0.2, 0) is 0 Å². The Morgan fingerprint density at radius 2 is 1.85 bits per heavy atom. The fraction of sp³-hybridized carbons (Fsp3) is 0.278. The molecule has 0 N–H and O–H groups in total. The third kappa shape index (κ3) is 3.27. The average Bonchev–Trinajstić information content (AvgIpc) is 2.50. The lowest BCUT2D eigenvalue weighted by atomic mass is 10.1. The van der Waals surface area contributed by atoms with Crippen LogP contribution in [0, 0.1) is 6.92 Å². The van der Waals surface area contributed by atoms with Gasteiger partial charge in [-0.05, 0) is 49.2 Å². The van der Waals surface area contributed by atoms with Crippen molar-refractivity contribution in [1.82, 2.24) is 0 Å². The molecule has 0 aliphatic heterocycles. The Labute approximate surface area is 121 Å². The van der Waals surface area contributed by atoms with E-state index in [1.54, 1.807) is 0 Å². The van der Waals surface area contributed by atoms with Crippen LogP contribution >= 0.6 is 0 Å². The largest absolute Gasteiger partial charge is 0.341 e. The van der Waals surface area contributed by atoms with Crippen molar-refractivity contribution in [3.05, 3.63) is 59.7 Å². The predicted octanol–water partition coefficient (Wildman–Crippen LogP) is 4.75. The van der Waals surface area contributed by atoms with Crippen LogP contribution in [0.25, 0.3) is 0 Å². The number of unbranched alkanes of at least 4 members (excludes halogenated alkanes) is 1. The van der Waals surface area contributed by atoms with Gasteiger partial charge in [0.1, 0.15) is 6.29 Å². The van der Waals surface area contributed by atoms with Gasteiger partial charge in [0.15, 0.2) is 0 Å². The highest BCUT2D eigenvalue weighted by Crippen LogP contribution is 2.29. The van der Waals surface area contributed by atoms with Crippen molar-refractivity contribution in [3.8, 4) is 0 Å². The molecule has 2 nitrogen and oxygen atoms in total. The van der Waals surface area contributed by atoms with E-state index < -0.39 is 0 Å². The smallest absolute Gasteiger partial charge is 0.150 e. The fourth-order valence-electron chi connectivity index (χ4n) is 2.37. The zero-order valence-corrected chi connectivity index (χ0v) is 12.2. The molecule has 2 aromatic rings. The van der Waals surface area contributed by atoms with E-state index in [-0.39, 0.29) is 0 Å². The van der Waals surface area contributed by atoms with Gasteiger partial charge >= 0.3 is 0 Å². The maximum Gasteiger partial charge on any atom is 0.150 e. The molecule has 0 aliphatic rings. The minimum Gasteiger partial charge on any atom is -0.341 e. The number of hydrogen-bond acceptors (Lipinski definition) is 2. The number of para-hydroxylation sites is 1. The second-order valence-electron chi connectivity index (χ2n) is 5.00. The molecule has 0 saturated carbocycles. The monoisotopic (exact) mass is 267 g/mol. The number of nitrogens with zero attached hydrogens (tertiary/aromatic N) is 1. The molecule has 104 valence electrons. The first kappa shape index (κ1) is 14.3. The van der Waals surface area contributed by atoms with Crippen molar-refractivity contribution < 1.29 is 4.79 Å². The van der Waals surface area contributed by atoms with E-state index >= 15 is 0 Å². The van der Waals surface area contributed by atoms with Gasteiger partial charge in [-0.15, -0.1) is 0 Å². The number of aldehydes is 1. The number of carbonyl (C=O) groups is 1. The predicted molar refractivity (Wildman–Crippen MR) is 84.9 cm³/mol. The van der Waals surface area contributed by atoms with Crippen molar-refractivity contribution in [3.63, 3.8) is 0 Å². The Morgan fingerprint density at radius 3 is 2.45 bits per heavy atom. The molecular weight excluding hydrogens is 246 g/mol. The Kier molecular flexibility index (Phi) is 4.94. The van der Waals surface area contributed by atoms with Gasteiger partial charge in [0.2, 0.25) is 0 Å². The van der Waals surface area contributed by atoms with Crippen LogP contribution in [0.5, 0.6) is 0 Å². The number of rotatable bonds is 6. The number of aryl methyl sites for hydroxylation is 1. The number of anilines is 2. The van der Waals surface area contributed by atoms with Crippen molar-refractivity contribution in [2.45, 2.75) is 26.7 Å². The maximum absolute atomic E-state index is 10.9. The van der Waals surface area contributed by atoms with Crippen LogP contribution in [0.15, 0.2) is 48.5 Å². The standard InChI is InChI=1S/C18H21NO/c1-3-4-12-19(17-8-6-5-7-9-17)18-11-10-16(14-20)13-15(18)2/h5-11,13-14H,3-4,12H2,1-2H3. The van der Waals surface area contributed by atoms with E-state index in [0.717, 1.165) is 36.8 Å². The van der Waals surface area contributed by atoms with Gasteiger partial charge in [0.05, 0.1) is 0 Å². The molecule has 0 amide bonds. The summed E-state index contributed by atoms with van der Waals surface area (Å²) in [5, 5.41) is 0. The second-order valence-corrected chi connectivity index (χ2v) is 5.00. The molecule has 0 saturated heterocycles. The molecule has 0 unspecified atom stereocenters. The first-order valence-electron chi connectivity index (χ1n) is 7.14. The van der Waals surface area contributed by atoms with Crippen LogP contribution in [0.2, 0.25) is 0 Å². The summed E-state index contributed by atoms with van der Waals surface area (Å²) in [5.74, 6) is 0. The molecular formula is C18H21NO. The van der Waals surface area contributed by atoms with Crippen molar-refractivity contribution >= 4 is 17.7 Å². The molecule has 2 heteroatoms. The summed E-state index contributed by atoms with van der Waals surface area (Å²) in [4.78, 5) is 13.2. The highest BCUT2D eigenvalue weighted by atomic mass is 16.1. The summed E-state index contributed by atoms with van der Waals surface area (Å²) in [6.07, 6.45) is 3.20. The van der Waals surface area contributed by atoms with Gasteiger partial charge < -0.3 is 4.90 Å². The zero-order valence-electron chi connectivity index (χ0n) is 12.2. The molecule has 0 heterocycles. The first-order chi connectivity index (χ1) is 9.76.